The number of halogens is 2. The third-order valence-electron chi connectivity index (χ3n) is 3.66. The zero-order valence-corrected chi connectivity index (χ0v) is 10.7. The van der Waals surface area contributed by atoms with Crippen LogP contribution in [0.1, 0.15) is 19.8 Å². The van der Waals surface area contributed by atoms with Crippen molar-refractivity contribution in [3.8, 4) is 0 Å². The molecule has 1 saturated heterocycles. The predicted octanol–water partition coefficient (Wildman–Crippen LogP) is 2.44. The monoisotopic (exact) mass is 255 g/mol. The molecule has 2 rings (SSSR count). The number of rotatable bonds is 2. The number of hydrogen-bond acceptors (Lipinski definition) is 3. The van der Waals surface area contributed by atoms with Gasteiger partial charge in [0.1, 0.15) is 5.82 Å². The molecule has 1 aromatic rings. The SMILES string of the molecule is CC1CC(Nc2cc(F)cc(F)c2N)CCN1C. The van der Waals surface area contributed by atoms with Gasteiger partial charge in [-0.1, -0.05) is 0 Å². The minimum absolute atomic E-state index is 0.0111. The molecule has 0 aromatic heterocycles. The Morgan fingerprint density at radius 3 is 2.78 bits per heavy atom. The molecule has 1 aliphatic heterocycles. The van der Waals surface area contributed by atoms with E-state index in [4.69, 9.17) is 5.73 Å². The summed E-state index contributed by atoms with van der Waals surface area (Å²) < 4.78 is 26.5. The summed E-state index contributed by atoms with van der Waals surface area (Å²) in [6, 6.07) is 2.72. The first-order valence-electron chi connectivity index (χ1n) is 6.18. The van der Waals surface area contributed by atoms with Gasteiger partial charge < -0.3 is 16.0 Å². The Labute approximate surface area is 106 Å². The number of hydrogen-bond donors (Lipinski definition) is 2. The molecule has 2 unspecified atom stereocenters. The van der Waals surface area contributed by atoms with Crippen molar-refractivity contribution in [3.05, 3.63) is 23.8 Å². The molecular formula is C13H19F2N3. The molecule has 1 aliphatic rings. The van der Waals surface area contributed by atoms with Gasteiger partial charge in [-0.3, -0.25) is 0 Å². The first kappa shape index (κ1) is 13.1. The van der Waals surface area contributed by atoms with Crippen LogP contribution in [0.15, 0.2) is 12.1 Å². The molecule has 0 spiro atoms. The Hall–Kier alpha value is -1.36. The molecule has 1 fully saturated rings. The molecule has 3 N–H and O–H groups in total. The van der Waals surface area contributed by atoms with E-state index < -0.39 is 11.6 Å². The highest BCUT2D eigenvalue weighted by molar-refractivity contribution is 5.67. The summed E-state index contributed by atoms with van der Waals surface area (Å²) in [6.07, 6.45) is 1.88. The van der Waals surface area contributed by atoms with Crippen molar-refractivity contribution < 1.29 is 8.78 Å². The van der Waals surface area contributed by atoms with E-state index in [0.717, 1.165) is 25.5 Å². The molecule has 0 bridgehead atoms. The number of likely N-dealkylation sites (tertiary alicyclic amines) is 1. The van der Waals surface area contributed by atoms with Gasteiger partial charge in [-0.25, -0.2) is 8.78 Å². The molecule has 100 valence electrons. The summed E-state index contributed by atoms with van der Waals surface area (Å²) in [7, 11) is 2.08. The Morgan fingerprint density at radius 2 is 2.11 bits per heavy atom. The van der Waals surface area contributed by atoms with E-state index in [1.54, 1.807) is 0 Å². The summed E-state index contributed by atoms with van der Waals surface area (Å²) in [5.74, 6) is -1.32. The summed E-state index contributed by atoms with van der Waals surface area (Å²) >= 11 is 0. The molecule has 5 heteroatoms. The second kappa shape index (κ2) is 5.10. The molecule has 3 nitrogen and oxygen atoms in total. The van der Waals surface area contributed by atoms with Gasteiger partial charge in [0, 0.05) is 24.7 Å². The van der Waals surface area contributed by atoms with Crippen molar-refractivity contribution >= 4 is 11.4 Å². The average molecular weight is 255 g/mol. The van der Waals surface area contributed by atoms with Crippen LogP contribution in [0.5, 0.6) is 0 Å². The lowest BCUT2D eigenvalue weighted by Crippen LogP contribution is -2.42. The predicted molar refractivity (Wildman–Crippen MR) is 69.5 cm³/mol. The summed E-state index contributed by atoms with van der Waals surface area (Å²) in [5.41, 5.74) is 5.96. The second-order valence-electron chi connectivity index (χ2n) is 5.04. The summed E-state index contributed by atoms with van der Waals surface area (Å²) in [4.78, 5) is 2.27. The Morgan fingerprint density at radius 1 is 1.39 bits per heavy atom. The smallest absolute Gasteiger partial charge is 0.151 e. The van der Waals surface area contributed by atoms with Crippen LogP contribution in [0.4, 0.5) is 20.2 Å². The third kappa shape index (κ3) is 2.72. The number of nitrogens with one attached hydrogen (secondary N) is 1. The molecule has 0 saturated carbocycles. The van der Waals surface area contributed by atoms with Crippen molar-refractivity contribution in [2.24, 2.45) is 0 Å². The van der Waals surface area contributed by atoms with Gasteiger partial charge >= 0.3 is 0 Å². The summed E-state index contributed by atoms with van der Waals surface area (Å²) in [6.45, 7) is 3.11. The van der Waals surface area contributed by atoms with Crippen LogP contribution in [0, 0.1) is 11.6 Å². The van der Waals surface area contributed by atoms with Crippen molar-refractivity contribution in [2.45, 2.75) is 31.8 Å². The number of nitrogens with two attached hydrogens (primary N) is 1. The van der Waals surface area contributed by atoms with Crippen LogP contribution in [0.3, 0.4) is 0 Å². The molecular weight excluding hydrogens is 236 g/mol. The zero-order valence-electron chi connectivity index (χ0n) is 10.7. The van der Waals surface area contributed by atoms with Gasteiger partial charge in [0.2, 0.25) is 0 Å². The highest BCUT2D eigenvalue weighted by atomic mass is 19.1. The first-order valence-corrected chi connectivity index (χ1v) is 6.18. The van der Waals surface area contributed by atoms with Gasteiger partial charge in [-0.05, 0) is 32.9 Å². The molecule has 0 amide bonds. The first-order chi connectivity index (χ1) is 8.47. The van der Waals surface area contributed by atoms with Crippen LogP contribution >= 0.6 is 0 Å². The lowest BCUT2D eigenvalue weighted by Gasteiger charge is -2.36. The maximum absolute atomic E-state index is 13.3. The van der Waals surface area contributed by atoms with E-state index in [0.29, 0.717) is 11.7 Å². The van der Waals surface area contributed by atoms with Crippen LogP contribution < -0.4 is 11.1 Å². The molecule has 2 atom stereocenters. The van der Waals surface area contributed by atoms with Gasteiger partial charge in [-0.2, -0.15) is 0 Å². The van der Waals surface area contributed by atoms with E-state index in [2.05, 4.69) is 24.2 Å². The highest BCUT2D eigenvalue weighted by Gasteiger charge is 2.23. The normalized spacial score (nSPS) is 25.1. The highest BCUT2D eigenvalue weighted by Crippen LogP contribution is 2.27. The fraction of sp³-hybridized carbons (Fsp3) is 0.538. The Bertz CT molecular complexity index is 436. The maximum atomic E-state index is 13.3. The van der Waals surface area contributed by atoms with Crippen molar-refractivity contribution in [2.75, 3.05) is 24.6 Å². The van der Waals surface area contributed by atoms with Gasteiger partial charge in [0.25, 0.3) is 0 Å². The molecule has 1 heterocycles. The zero-order chi connectivity index (χ0) is 13.3. The number of piperidine rings is 1. The molecule has 1 aromatic carbocycles. The van der Waals surface area contributed by atoms with E-state index in [9.17, 15) is 8.78 Å². The van der Waals surface area contributed by atoms with E-state index >= 15 is 0 Å². The minimum atomic E-state index is -0.710. The molecule has 0 radical (unpaired) electrons. The van der Waals surface area contributed by atoms with E-state index in [1.165, 1.54) is 6.07 Å². The summed E-state index contributed by atoms with van der Waals surface area (Å²) in [5, 5.41) is 3.15. The van der Waals surface area contributed by atoms with Crippen LogP contribution in [0.25, 0.3) is 0 Å². The number of nitrogen functional groups attached to an aromatic ring is 1. The van der Waals surface area contributed by atoms with Crippen molar-refractivity contribution in [1.29, 1.82) is 0 Å². The van der Waals surface area contributed by atoms with Crippen molar-refractivity contribution in [1.82, 2.24) is 4.90 Å². The quantitative estimate of drug-likeness (QED) is 0.798. The lowest BCUT2D eigenvalue weighted by atomic mass is 9.98. The van der Waals surface area contributed by atoms with Gasteiger partial charge in [-0.15, -0.1) is 0 Å². The van der Waals surface area contributed by atoms with E-state index in [-0.39, 0.29) is 11.7 Å². The number of benzene rings is 1. The Kier molecular flexibility index (Phi) is 3.71. The Balaban J connectivity index is 2.10. The van der Waals surface area contributed by atoms with Crippen molar-refractivity contribution in [3.63, 3.8) is 0 Å². The van der Waals surface area contributed by atoms with Gasteiger partial charge in [0.15, 0.2) is 5.82 Å². The van der Waals surface area contributed by atoms with E-state index in [1.807, 2.05) is 0 Å². The topological polar surface area (TPSA) is 41.3 Å². The number of nitrogens with zero attached hydrogens (tertiary/aromatic N) is 1. The number of anilines is 2. The average Bonchev–Trinajstić information content (AvgIpc) is 2.30. The van der Waals surface area contributed by atoms with Crippen LogP contribution in [0.2, 0.25) is 0 Å². The fourth-order valence-electron chi connectivity index (χ4n) is 2.34. The standard InChI is InChI=1S/C13H19F2N3/c1-8-5-10(3-4-18(8)2)17-12-7-9(14)6-11(15)13(12)16/h6-8,10,17H,3-5,16H2,1-2H3. The fourth-order valence-corrected chi connectivity index (χ4v) is 2.34. The maximum Gasteiger partial charge on any atom is 0.151 e. The minimum Gasteiger partial charge on any atom is -0.395 e. The van der Waals surface area contributed by atoms with Gasteiger partial charge in [0.05, 0.1) is 11.4 Å². The largest absolute Gasteiger partial charge is 0.395 e. The molecule has 0 aliphatic carbocycles. The third-order valence-corrected chi connectivity index (χ3v) is 3.66. The van der Waals surface area contributed by atoms with Crippen LogP contribution in [-0.4, -0.2) is 30.6 Å². The lowest BCUT2D eigenvalue weighted by molar-refractivity contribution is 0.190. The molecule has 18 heavy (non-hydrogen) atoms. The van der Waals surface area contributed by atoms with Crippen LogP contribution in [-0.2, 0) is 0 Å². The second-order valence-corrected chi connectivity index (χ2v) is 5.04.